The van der Waals surface area contributed by atoms with Gasteiger partial charge in [-0.3, -0.25) is 19.2 Å². The Balaban J connectivity index is 1.55. The van der Waals surface area contributed by atoms with Gasteiger partial charge in [-0.25, -0.2) is 0 Å². The van der Waals surface area contributed by atoms with Crippen LogP contribution in [0.2, 0.25) is 0 Å². The van der Waals surface area contributed by atoms with Crippen LogP contribution >= 0.6 is 0 Å². The number of ketones is 2. The lowest BCUT2D eigenvalue weighted by atomic mass is 9.82. The van der Waals surface area contributed by atoms with Crippen LogP contribution in [0.15, 0.2) is 109 Å². The summed E-state index contributed by atoms with van der Waals surface area (Å²) in [5.41, 5.74) is 7.39. The molecule has 4 rings (SSSR count). The first-order valence-corrected chi connectivity index (χ1v) is 27.8. The maximum Gasteiger partial charge on any atom is 0.313 e. The highest BCUT2D eigenvalue weighted by Crippen LogP contribution is 2.39. The fourth-order valence-corrected chi connectivity index (χ4v) is 10.2. The molecule has 0 saturated carbocycles. The van der Waals surface area contributed by atoms with E-state index in [1.807, 2.05) is 19.9 Å². The highest BCUT2D eigenvalue weighted by molar-refractivity contribution is 5.96. The fourth-order valence-electron chi connectivity index (χ4n) is 10.2. The number of hydrogen-bond acceptors (Lipinski definition) is 21. The number of aliphatic hydroxyl groups excluding tert-OH is 9. The molecule has 2 bridgehead atoms. The van der Waals surface area contributed by atoms with Gasteiger partial charge in [0.2, 0.25) is 0 Å². The van der Waals surface area contributed by atoms with Gasteiger partial charge in [-0.1, -0.05) is 98.9 Å². The minimum Gasteiger partial charge on any atom is -0.469 e. The number of carbonyl (C=O) groups excluding carboxylic acids is 4. The van der Waals surface area contributed by atoms with E-state index < -0.39 is 160 Å². The van der Waals surface area contributed by atoms with Gasteiger partial charge in [-0.15, -0.1) is 0 Å². The van der Waals surface area contributed by atoms with Crippen LogP contribution in [-0.4, -0.2) is 186 Å². The number of benzene rings is 1. The van der Waals surface area contributed by atoms with Crippen LogP contribution in [0.5, 0.6) is 0 Å². The molecule has 0 radical (unpaired) electrons. The maximum absolute atomic E-state index is 13.3. The van der Waals surface area contributed by atoms with Gasteiger partial charge in [0, 0.05) is 62.7 Å². The molecule has 2 fully saturated rings. The Hall–Kier alpha value is -5.08. The number of aliphatic hydroxyl groups is 10. The standard InChI is InChI=1S/C60H88N2O19/c1-36-18-16-14-12-10-8-6-7-9-11-13-15-17-19-48(79-59-56(74)54(61)55(73)38(3)78-59)33-51-53(58(75)77-5)50(71)35-60(76,81-51)34-47(69)30-45(67)28-43(65)26-42(64)27-44(66)29-46(68)32-52(72)80-57(36)37(2)20-25-41(63)31-49(70)39-21-23-40(62-4)24-22-39/h6-19,21-24,36-38,41-43,45-48,50-51,53-57,59,62-65,67-69,71,73-74,76H,20,25-35,61H2,1-5H3/b7-6+,10-8-,11-9+,14-12-,15-13+,18-16-,19-17+/t36?,37?,38-,41?,42?,43?,45?,46?,47?,48?,50?,51?,53?,54+,55-,56+,57?,59+,60?/m1/s1. The van der Waals surface area contributed by atoms with Crippen molar-refractivity contribution in [3.8, 4) is 0 Å². The van der Waals surface area contributed by atoms with Crippen molar-refractivity contribution >= 4 is 29.2 Å². The quantitative estimate of drug-likeness (QED) is 0.112. The molecule has 452 valence electrons. The lowest BCUT2D eigenvalue weighted by molar-refractivity contribution is -0.308. The Morgan fingerprint density at radius 2 is 1.28 bits per heavy atom. The third kappa shape index (κ3) is 23.6. The lowest BCUT2D eigenvalue weighted by Gasteiger charge is -2.45. The second-order valence-electron chi connectivity index (χ2n) is 21.6. The van der Waals surface area contributed by atoms with Gasteiger partial charge in [-0.05, 0) is 69.2 Å². The van der Waals surface area contributed by atoms with Crippen LogP contribution in [0, 0.1) is 17.8 Å². The largest absolute Gasteiger partial charge is 0.469 e. The summed E-state index contributed by atoms with van der Waals surface area (Å²) >= 11 is 0. The Kier molecular flexibility index (Phi) is 29.1. The van der Waals surface area contributed by atoms with Crippen LogP contribution in [0.1, 0.15) is 108 Å². The van der Waals surface area contributed by atoms with Crippen molar-refractivity contribution in [3.63, 3.8) is 0 Å². The Labute approximate surface area is 474 Å². The van der Waals surface area contributed by atoms with E-state index in [-0.39, 0.29) is 49.7 Å². The Bertz CT molecular complexity index is 2320. The van der Waals surface area contributed by atoms with Crippen LogP contribution in [0.4, 0.5) is 5.69 Å². The van der Waals surface area contributed by atoms with E-state index in [9.17, 15) is 70.2 Å². The van der Waals surface area contributed by atoms with Crippen LogP contribution in [0.25, 0.3) is 0 Å². The number of nitrogens with one attached hydrogen (secondary N) is 1. The smallest absolute Gasteiger partial charge is 0.313 e. The zero-order valence-corrected chi connectivity index (χ0v) is 47.0. The molecule has 3 aliphatic heterocycles. The van der Waals surface area contributed by atoms with Crippen molar-refractivity contribution in [2.24, 2.45) is 23.5 Å². The van der Waals surface area contributed by atoms with E-state index in [4.69, 9.17) is 29.4 Å². The summed E-state index contributed by atoms with van der Waals surface area (Å²) in [5.74, 6) is -6.85. The van der Waals surface area contributed by atoms with Crippen LogP contribution < -0.4 is 11.1 Å². The number of anilines is 1. The van der Waals surface area contributed by atoms with E-state index in [2.05, 4.69) is 5.32 Å². The van der Waals surface area contributed by atoms with Gasteiger partial charge in [0.25, 0.3) is 0 Å². The molecular weight excluding hydrogens is 1050 g/mol. The molecule has 1 aromatic rings. The van der Waals surface area contributed by atoms with Gasteiger partial charge in [0.1, 0.15) is 23.9 Å². The van der Waals surface area contributed by atoms with E-state index >= 15 is 0 Å². The number of rotatable bonds is 11. The number of Topliss-reactive ketones (excluding diaryl/α,β-unsaturated/α-hetero) is 2. The van der Waals surface area contributed by atoms with Crippen molar-refractivity contribution in [1.29, 1.82) is 0 Å². The first-order chi connectivity index (χ1) is 38.4. The molecule has 0 spiro atoms. The molecule has 0 amide bonds. The summed E-state index contributed by atoms with van der Waals surface area (Å²) in [5, 5.41) is 113. The van der Waals surface area contributed by atoms with Crippen LogP contribution in [-0.2, 0) is 38.1 Å². The lowest BCUT2D eigenvalue weighted by Crippen LogP contribution is -2.61. The summed E-state index contributed by atoms with van der Waals surface area (Å²) in [6.07, 6.45) is 2.92. The number of methoxy groups -OCH3 is 1. The third-order valence-electron chi connectivity index (χ3n) is 14.6. The monoisotopic (exact) mass is 1140 g/mol. The second kappa shape index (κ2) is 34.5. The van der Waals surface area contributed by atoms with Crippen molar-refractivity contribution in [2.75, 3.05) is 19.5 Å². The molecular formula is C60H88N2O19. The number of nitrogens with two attached hydrogens (primary N) is 1. The molecule has 81 heavy (non-hydrogen) atoms. The number of esters is 2. The van der Waals surface area contributed by atoms with Crippen molar-refractivity contribution < 1.29 is 93.9 Å². The van der Waals surface area contributed by atoms with Gasteiger partial charge in [0.15, 0.2) is 17.9 Å². The SMILES string of the molecule is CNc1ccc(C(=O)CC(O)CCC(C)C2OC(=O)CC(O)CC(=O)CC(O)CC(O)CC(O)CC(O)CC3(O)CC(O)C(C(=O)OC)C(CC(O[C@@H]4O[C@H](C)[C@@H](O)[C@H](N)[C@@H]4O)/C=C/C=C/C=C/C=C/C=C\C=C/C=C\C2C)O3)cc1. The molecule has 21 nitrogen and oxygen atoms in total. The highest BCUT2D eigenvalue weighted by atomic mass is 16.7. The number of allylic oxidation sites excluding steroid dienone is 12. The van der Waals surface area contributed by atoms with Crippen molar-refractivity contribution in [3.05, 3.63) is 115 Å². The maximum atomic E-state index is 13.3. The molecule has 1 aromatic carbocycles. The molecule has 0 aromatic heterocycles. The van der Waals surface area contributed by atoms with Gasteiger partial charge < -0.3 is 85.8 Å². The molecule has 3 heterocycles. The molecule has 21 heteroatoms. The zero-order chi connectivity index (χ0) is 59.8. The van der Waals surface area contributed by atoms with Crippen LogP contribution in [0.3, 0.4) is 0 Å². The number of cyclic esters (lactones) is 1. The Morgan fingerprint density at radius 3 is 1.88 bits per heavy atom. The number of carbonyl (C=O) groups is 4. The van der Waals surface area contributed by atoms with E-state index in [1.54, 1.807) is 117 Å². The first-order valence-electron chi connectivity index (χ1n) is 27.8. The molecule has 19 atom stereocenters. The average molecular weight is 1140 g/mol. The number of hydrogen-bond donors (Lipinski definition) is 12. The first kappa shape index (κ1) is 68.4. The zero-order valence-electron chi connectivity index (χ0n) is 47.0. The van der Waals surface area contributed by atoms with Crippen molar-refractivity contribution in [1.82, 2.24) is 0 Å². The summed E-state index contributed by atoms with van der Waals surface area (Å²) in [7, 11) is 2.88. The summed E-state index contributed by atoms with van der Waals surface area (Å²) < 4.78 is 28.9. The van der Waals surface area contributed by atoms with Crippen molar-refractivity contribution in [2.45, 2.75) is 195 Å². The molecule has 0 aliphatic carbocycles. The number of fused-ring (bicyclic) bond motifs is 2. The fraction of sp³-hybridized carbons (Fsp3) is 0.600. The predicted molar refractivity (Wildman–Crippen MR) is 299 cm³/mol. The minimum atomic E-state index is -2.29. The van der Waals surface area contributed by atoms with Gasteiger partial charge in [0.05, 0.1) is 86.7 Å². The van der Waals surface area contributed by atoms with E-state index in [1.165, 1.54) is 0 Å². The third-order valence-corrected chi connectivity index (χ3v) is 14.6. The minimum absolute atomic E-state index is 0.103. The normalized spacial score (nSPS) is 37.7. The highest BCUT2D eigenvalue weighted by Gasteiger charge is 2.51. The molecule has 13 N–H and O–H groups in total. The molecule has 14 unspecified atom stereocenters. The van der Waals surface area contributed by atoms with E-state index in [0.717, 1.165) is 12.8 Å². The summed E-state index contributed by atoms with van der Waals surface area (Å²) in [4.78, 5) is 52.4. The summed E-state index contributed by atoms with van der Waals surface area (Å²) in [6, 6.07) is 5.77. The summed E-state index contributed by atoms with van der Waals surface area (Å²) in [6.45, 7) is 5.25. The Morgan fingerprint density at radius 1 is 0.728 bits per heavy atom. The van der Waals surface area contributed by atoms with E-state index in [0.29, 0.717) is 12.0 Å². The molecule has 2 saturated heterocycles. The van der Waals surface area contributed by atoms with Gasteiger partial charge in [-0.2, -0.15) is 0 Å². The number of ether oxygens (including phenoxy) is 5. The topological polar surface area (TPSA) is 355 Å². The average Bonchev–Trinajstić information content (AvgIpc) is 3.43. The predicted octanol–water partition coefficient (Wildman–Crippen LogP) is 2.83. The second-order valence-corrected chi connectivity index (χ2v) is 21.6. The van der Waals surface area contributed by atoms with Gasteiger partial charge >= 0.3 is 11.9 Å². The molecule has 3 aliphatic rings.